The summed E-state index contributed by atoms with van der Waals surface area (Å²) in [5.41, 5.74) is 2.00. The van der Waals surface area contributed by atoms with Crippen LogP contribution in [0.2, 0.25) is 0 Å². The molecule has 1 aromatic rings. The molecule has 0 bridgehead atoms. The van der Waals surface area contributed by atoms with Crippen molar-refractivity contribution in [2.45, 2.75) is 12.5 Å². The fourth-order valence-electron chi connectivity index (χ4n) is 1.96. The molecule has 0 aromatic heterocycles. The zero-order chi connectivity index (χ0) is 10.8. The molecule has 0 fully saturated rings. The van der Waals surface area contributed by atoms with E-state index in [4.69, 9.17) is 11.5 Å². The second-order valence-corrected chi connectivity index (χ2v) is 3.52. The van der Waals surface area contributed by atoms with Crippen LogP contribution in [0.1, 0.15) is 5.56 Å². The maximum absolute atomic E-state index is 11.0. The highest BCUT2D eigenvalue weighted by molar-refractivity contribution is 5.82. The topological polar surface area (TPSA) is 40.5 Å². The minimum atomic E-state index is -0.818. The summed E-state index contributed by atoms with van der Waals surface area (Å²) in [5.74, 6) is 1.68. The van der Waals surface area contributed by atoms with Crippen LogP contribution in [0.4, 0.5) is 5.69 Å². The smallest absolute Gasteiger partial charge is 0.326 e. The van der Waals surface area contributed by atoms with Crippen LogP contribution in [0.3, 0.4) is 0 Å². The van der Waals surface area contributed by atoms with Gasteiger partial charge in [0.25, 0.3) is 0 Å². The summed E-state index contributed by atoms with van der Waals surface area (Å²) in [5, 5.41) is 9.07. The molecule has 1 N–H and O–H groups in total. The van der Waals surface area contributed by atoms with Gasteiger partial charge in [-0.05, 0) is 11.6 Å². The zero-order valence-corrected chi connectivity index (χ0v) is 8.18. The summed E-state index contributed by atoms with van der Waals surface area (Å²) in [6, 6.07) is 7.15. The molecule has 0 spiro atoms. The van der Waals surface area contributed by atoms with E-state index in [1.807, 2.05) is 24.3 Å². The average molecular weight is 201 g/mol. The van der Waals surface area contributed by atoms with Gasteiger partial charge in [-0.3, -0.25) is 0 Å². The number of benzene rings is 1. The van der Waals surface area contributed by atoms with Crippen LogP contribution in [0.5, 0.6) is 0 Å². The first kappa shape index (κ1) is 9.60. The van der Waals surface area contributed by atoms with Crippen molar-refractivity contribution in [3.8, 4) is 12.3 Å². The van der Waals surface area contributed by atoms with Crippen LogP contribution >= 0.6 is 0 Å². The minimum Gasteiger partial charge on any atom is -0.480 e. The number of carboxylic acid groups (broad SMARTS) is 1. The summed E-state index contributed by atoms with van der Waals surface area (Å²) < 4.78 is 0. The quantitative estimate of drug-likeness (QED) is 0.729. The zero-order valence-electron chi connectivity index (χ0n) is 8.18. The van der Waals surface area contributed by atoms with Crippen molar-refractivity contribution >= 4 is 11.7 Å². The normalized spacial score (nSPS) is 18.3. The lowest BCUT2D eigenvalue weighted by atomic mass is 10.1. The first-order valence-electron chi connectivity index (χ1n) is 4.75. The van der Waals surface area contributed by atoms with Crippen LogP contribution in [-0.4, -0.2) is 23.7 Å². The van der Waals surface area contributed by atoms with Crippen molar-refractivity contribution in [2.24, 2.45) is 0 Å². The number of para-hydroxylation sites is 1. The Kier molecular flexibility index (Phi) is 2.34. The maximum Gasteiger partial charge on any atom is 0.326 e. The maximum atomic E-state index is 11.0. The second kappa shape index (κ2) is 3.66. The van der Waals surface area contributed by atoms with E-state index in [-0.39, 0.29) is 0 Å². The van der Waals surface area contributed by atoms with E-state index in [1.165, 1.54) is 0 Å². The Morgan fingerprint density at radius 1 is 1.60 bits per heavy atom. The highest BCUT2D eigenvalue weighted by Crippen LogP contribution is 2.31. The first-order chi connectivity index (χ1) is 7.24. The molecule has 1 aromatic carbocycles. The number of hydrogen-bond donors (Lipinski definition) is 1. The van der Waals surface area contributed by atoms with Gasteiger partial charge >= 0.3 is 5.97 Å². The SMILES string of the molecule is C#CCN1c2ccccc2CC1C(=O)O. The van der Waals surface area contributed by atoms with Gasteiger partial charge in [-0.2, -0.15) is 0 Å². The Bertz CT molecular complexity index is 433. The monoisotopic (exact) mass is 201 g/mol. The lowest BCUT2D eigenvalue weighted by Gasteiger charge is -2.21. The van der Waals surface area contributed by atoms with E-state index in [9.17, 15) is 4.79 Å². The number of carbonyl (C=O) groups is 1. The van der Waals surface area contributed by atoms with Crippen LogP contribution in [0, 0.1) is 12.3 Å². The highest BCUT2D eigenvalue weighted by Gasteiger charge is 2.33. The van der Waals surface area contributed by atoms with Crippen molar-refractivity contribution in [1.82, 2.24) is 0 Å². The summed E-state index contributed by atoms with van der Waals surface area (Å²) in [7, 11) is 0. The van der Waals surface area contributed by atoms with Crippen molar-refractivity contribution in [1.29, 1.82) is 0 Å². The molecule has 76 valence electrons. The lowest BCUT2D eigenvalue weighted by Crippen LogP contribution is -2.38. The molecule has 1 unspecified atom stereocenters. The Hall–Kier alpha value is -1.95. The summed E-state index contributed by atoms with van der Waals surface area (Å²) in [4.78, 5) is 12.8. The van der Waals surface area contributed by atoms with Crippen LogP contribution in [0.25, 0.3) is 0 Å². The van der Waals surface area contributed by atoms with Gasteiger partial charge in [-0.25, -0.2) is 4.79 Å². The van der Waals surface area contributed by atoms with E-state index < -0.39 is 12.0 Å². The van der Waals surface area contributed by atoms with Gasteiger partial charge in [0.15, 0.2) is 0 Å². The fraction of sp³-hybridized carbons (Fsp3) is 0.250. The van der Waals surface area contributed by atoms with Gasteiger partial charge < -0.3 is 10.0 Å². The summed E-state index contributed by atoms with van der Waals surface area (Å²) in [6.07, 6.45) is 5.78. The average Bonchev–Trinajstić information content (AvgIpc) is 2.58. The third-order valence-electron chi connectivity index (χ3n) is 2.64. The number of rotatable bonds is 2. The molecule has 3 nitrogen and oxygen atoms in total. The summed E-state index contributed by atoms with van der Waals surface area (Å²) >= 11 is 0. The third kappa shape index (κ3) is 1.55. The Morgan fingerprint density at radius 3 is 3.00 bits per heavy atom. The van der Waals surface area contributed by atoms with Crippen molar-refractivity contribution in [3.05, 3.63) is 29.8 Å². The van der Waals surface area contributed by atoms with E-state index in [0.29, 0.717) is 13.0 Å². The molecule has 0 saturated carbocycles. The van der Waals surface area contributed by atoms with Crippen molar-refractivity contribution < 1.29 is 9.90 Å². The third-order valence-corrected chi connectivity index (χ3v) is 2.64. The summed E-state index contributed by atoms with van der Waals surface area (Å²) in [6.45, 7) is 0.341. The highest BCUT2D eigenvalue weighted by atomic mass is 16.4. The van der Waals surface area contributed by atoms with Crippen LogP contribution in [0.15, 0.2) is 24.3 Å². The van der Waals surface area contributed by atoms with E-state index in [1.54, 1.807) is 4.90 Å². The lowest BCUT2D eigenvalue weighted by molar-refractivity contribution is -0.138. The number of anilines is 1. The fourth-order valence-corrected chi connectivity index (χ4v) is 1.96. The number of nitrogens with zero attached hydrogens (tertiary/aromatic N) is 1. The van der Waals surface area contributed by atoms with Gasteiger partial charge in [-0.15, -0.1) is 6.42 Å². The van der Waals surface area contributed by atoms with Crippen molar-refractivity contribution in [2.75, 3.05) is 11.4 Å². The number of hydrogen-bond acceptors (Lipinski definition) is 2. The van der Waals surface area contributed by atoms with E-state index in [2.05, 4.69) is 5.92 Å². The molecule has 15 heavy (non-hydrogen) atoms. The molecule has 0 aliphatic carbocycles. The standard InChI is InChI=1S/C12H11NO2/c1-2-7-13-10-6-4-3-5-9(10)8-11(13)12(14)15/h1,3-6,11H,7-8H2,(H,14,15). The molecule has 1 atom stereocenters. The molecule has 0 radical (unpaired) electrons. The molecule has 0 amide bonds. The van der Waals surface area contributed by atoms with Gasteiger partial charge in [0.1, 0.15) is 6.04 Å². The Labute approximate surface area is 88.3 Å². The predicted molar refractivity (Wildman–Crippen MR) is 57.7 cm³/mol. The number of terminal acetylenes is 1. The number of fused-ring (bicyclic) bond motifs is 1. The molecular formula is C12H11NO2. The Morgan fingerprint density at radius 2 is 2.33 bits per heavy atom. The van der Waals surface area contributed by atoms with Gasteiger partial charge in [-0.1, -0.05) is 24.1 Å². The van der Waals surface area contributed by atoms with Gasteiger partial charge in [0.05, 0.1) is 6.54 Å². The molecule has 3 heteroatoms. The molecule has 1 aliphatic rings. The van der Waals surface area contributed by atoms with Gasteiger partial charge in [0.2, 0.25) is 0 Å². The number of carboxylic acids is 1. The predicted octanol–water partition coefficient (Wildman–Crippen LogP) is 1.14. The van der Waals surface area contributed by atoms with E-state index in [0.717, 1.165) is 11.3 Å². The minimum absolute atomic E-state index is 0.341. The van der Waals surface area contributed by atoms with E-state index >= 15 is 0 Å². The molecular weight excluding hydrogens is 190 g/mol. The van der Waals surface area contributed by atoms with Crippen molar-refractivity contribution in [3.63, 3.8) is 0 Å². The second-order valence-electron chi connectivity index (χ2n) is 3.52. The number of aliphatic carboxylic acids is 1. The molecule has 1 aliphatic heterocycles. The molecule has 1 heterocycles. The van der Waals surface area contributed by atoms with Gasteiger partial charge in [0, 0.05) is 12.1 Å². The Balaban J connectivity index is 2.38. The van der Waals surface area contributed by atoms with Crippen LogP contribution in [-0.2, 0) is 11.2 Å². The first-order valence-corrected chi connectivity index (χ1v) is 4.75. The van der Waals surface area contributed by atoms with Crippen LogP contribution < -0.4 is 4.90 Å². The molecule has 2 rings (SSSR count). The molecule has 0 saturated heterocycles. The largest absolute Gasteiger partial charge is 0.480 e.